The number of alkyl halides is 3. The Hall–Kier alpha value is -3.20. The van der Waals surface area contributed by atoms with Crippen LogP contribution in [0.5, 0.6) is 11.5 Å². The molecule has 172 valence electrons. The van der Waals surface area contributed by atoms with E-state index in [1.165, 1.54) is 24.3 Å². The number of hydrogen-bond acceptors (Lipinski definition) is 4. The maximum atomic E-state index is 13.2. The molecule has 5 rings (SSSR count). The molecule has 0 aromatic heterocycles. The first-order valence-corrected chi connectivity index (χ1v) is 10.7. The predicted octanol–water partition coefficient (Wildman–Crippen LogP) is 5.42. The summed E-state index contributed by atoms with van der Waals surface area (Å²) in [5, 5.41) is 5.62. The molecule has 6 nitrogen and oxygen atoms in total. The molecule has 1 spiro atoms. The molecule has 0 unspecified atom stereocenters. The summed E-state index contributed by atoms with van der Waals surface area (Å²) < 4.78 is 51.0. The van der Waals surface area contributed by atoms with Gasteiger partial charge in [-0.2, -0.15) is 13.2 Å². The molecule has 1 saturated carbocycles. The molecule has 2 N–H and O–H groups in total. The second kappa shape index (κ2) is 7.69. The van der Waals surface area contributed by atoms with E-state index in [0.717, 1.165) is 18.6 Å². The summed E-state index contributed by atoms with van der Waals surface area (Å²) in [4.78, 5) is 24.5. The third-order valence-electron chi connectivity index (χ3n) is 6.00. The Morgan fingerprint density at radius 3 is 2.70 bits per heavy atom. The Labute approximate surface area is 191 Å². The summed E-state index contributed by atoms with van der Waals surface area (Å²) in [5.41, 5.74) is 0.265. The molecule has 0 bridgehead atoms. The van der Waals surface area contributed by atoms with Crippen molar-refractivity contribution in [2.45, 2.75) is 37.5 Å². The number of halogens is 4. The zero-order chi connectivity index (χ0) is 23.4. The fourth-order valence-corrected chi connectivity index (χ4v) is 4.54. The van der Waals surface area contributed by atoms with Crippen LogP contribution in [0, 0.1) is 0 Å². The molecule has 3 aliphatic rings. The van der Waals surface area contributed by atoms with E-state index in [2.05, 4.69) is 10.6 Å². The number of nitrogens with one attached hydrogen (secondary N) is 2. The summed E-state index contributed by atoms with van der Waals surface area (Å²) in [6.07, 6.45) is -0.396. The summed E-state index contributed by atoms with van der Waals surface area (Å²) >= 11 is 6.11. The van der Waals surface area contributed by atoms with Crippen molar-refractivity contribution in [3.8, 4) is 11.5 Å². The Kier molecular flexibility index (Phi) is 5.04. The monoisotopic (exact) mass is 478 g/mol. The van der Waals surface area contributed by atoms with Gasteiger partial charge in [0.25, 0.3) is 5.91 Å². The molecule has 2 amide bonds. The van der Waals surface area contributed by atoms with Crippen molar-refractivity contribution >= 4 is 40.4 Å². The van der Waals surface area contributed by atoms with E-state index in [-0.39, 0.29) is 34.7 Å². The van der Waals surface area contributed by atoms with E-state index in [1.54, 1.807) is 0 Å². The van der Waals surface area contributed by atoms with Gasteiger partial charge in [-0.3, -0.25) is 9.59 Å². The van der Waals surface area contributed by atoms with Gasteiger partial charge in [0.1, 0.15) is 11.4 Å². The molecular weight excluding hydrogens is 461 g/mol. The van der Waals surface area contributed by atoms with Crippen LogP contribution in [-0.4, -0.2) is 24.0 Å². The fraction of sp³-hybridized carbons (Fsp3) is 0.304. The maximum absolute atomic E-state index is 13.2. The highest BCUT2D eigenvalue weighted by molar-refractivity contribution is 6.31. The van der Waals surface area contributed by atoms with Crippen LogP contribution in [0.3, 0.4) is 0 Å². The fourth-order valence-electron chi connectivity index (χ4n) is 4.32. The second-order valence-corrected chi connectivity index (χ2v) is 8.79. The molecule has 1 aliphatic carbocycles. The van der Waals surface area contributed by atoms with Crippen LogP contribution < -0.4 is 20.1 Å². The average Bonchev–Trinajstić information content (AvgIpc) is 2.70. The number of rotatable bonds is 2. The number of carbonyl (C=O) groups is 2. The van der Waals surface area contributed by atoms with Crippen LogP contribution in [0.15, 0.2) is 36.4 Å². The lowest BCUT2D eigenvalue weighted by atomic mass is 9.72. The van der Waals surface area contributed by atoms with Gasteiger partial charge in [-0.05, 0) is 49.1 Å². The minimum absolute atomic E-state index is 0.126. The Bertz CT molecular complexity index is 1200. The summed E-state index contributed by atoms with van der Waals surface area (Å²) in [7, 11) is 0. The molecule has 2 heterocycles. The first-order chi connectivity index (χ1) is 15.6. The summed E-state index contributed by atoms with van der Waals surface area (Å²) in [6.45, 7) is -0.201. The first kappa shape index (κ1) is 21.6. The van der Waals surface area contributed by atoms with Crippen LogP contribution in [0.4, 0.5) is 24.5 Å². The molecule has 10 heteroatoms. The number of fused-ring (bicyclic) bond motifs is 2. The largest absolute Gasteiger partial charge is 0.486 e. The number of amides is 2. The lowest BCUT2D eigenvalue weighted by molar-refractivity contribution is -0.138. The zero-order valence-electron chi connectivity index (χ0n) is 17.1. The van der Waals surface area contributed by atoms with Gasteiger partial charge in [0, 0.05) is 23.1 Å². The van der Waals surface area contributed by atoms with Gasteiger partial charge in [-0.25, -0.2) is 0 Å². The lowest BCUT2D eigenvalue weighted by Crippen LogP contribution is -2.45. The van der Waals surface area contributed by atoms with Gasteiger partial charge in [-0.1, -0.05) is 17.7 Å². The Morgan fingerprint density at radius 1 is 1.21 bits per heavy atom. The van der Waals surface area contributed by atoms with E-state index in [4.69, 9.17) is 21.1 Å². The lowest BCUT2D eigenvalue weighted by Gasteiger charge is -2.46. The third kappa shape index (κ3) is 4.13. The second-order valence-electron chi connectivity index (χ2n) is 8.35. The van der Waals surface area contributed by atoms with Crippen LogP contribution >= 0.6 is 11.6 Å². The van der Waals surface area contributed by atoms with Gasteiger partial charge in [0.15, 0.2) is 12.4 Å². The third-order valence-corrected chi connectivity index (χ3v) is 6.22. The molecule has 33 heavy (non-hydrogen) atoms. The van der Waals surface area contributed by atoms with Crippen molar-refractivity contribution in [3.05, 3.63) is 52.6 Å². The average molecular weight is 479 g/mol. The van der Waals surface area contributed by atoms with Gasteiger partial charge in [0.05, 0.1) is 16.9 Å². The number of carbonyl (C=O) groups excluding carboxylic acids is 2. The van der Waals surface area contributed by atoms with Crippen LogP contribution in [0.2, 0.25) is 5.02 Å². The number of hydrogen-bond donors (Lipinski definition) is 2. The van der Waals surface area contributed by atoms with E-state index in [9.17, 15) is 22.8 Å². The molecular formula is C23H18ClF3N2O4. The molecule has 2 aromatic carbocycles. The molecule has 2 aromatic rings. The summed E-state index contributed by atoms with van der Waals surface area (Å²) in [6, 6.07) is 6.31. The quantitative estimate of drug-likeness (QED) is 0.565. The molecule has 1 fully saturated rings. The van der Waals surface area contributed by atoms with Crippen molar-refractivity contribution in [2.24, 2.45) is 0 Å². The number of anilines is 2. The van der Waals surface area contributed by atoms with Crippen molar-refractivity contribution in [1.82, 2.24) is 0 Å². The first-order valence-electron chi connectivity index (χ1n) is 10.3. The van der Waals surface area contributed by atoms with Crippen LogP contribution in [0.25, 0.3) is 5.57 Å². The standard InChI is InChI=1S/C23H18ClF3N2O4/c24-14-8-16(21-17(9-14)29-20(31)11-32-21)28-19(30)6-12-10-22(4-1-5-22)33-18-7-13(23(25,26)27)2-3-15(12)18/h2-3,6-9H,1,4-5,10-11H2,(H,28,30)(H,29,31)/b12-6+. The summed E-state index contributed by atoms with van der Waals surface area (Å²) in [5.74, 6) is -0.436. The topological polar surface area (TPSA) is 76.7 Å². The van der Waals surface area contributed by atoms with Crippen molar-refractivity contribution in [2.75, 3.05) is 17.2 Å². The Morgan fingerprint density at radius 2 is 2.00 bits per heavy atom. The molecule has 0 saturated heterocycles. The van der Waals surface area contributed by atoms with Crippen LogP contribution in [0.1, 0.15) is 36.8 Å². The maximum Gasteiger partial charge on any atom is 0.416 e. The number of benzene rings is 2. The van der Waals surface area contributed by atoms with Crippen molar-refractivity contribution in [3.63, 3.8) is 0 Å². The molecule has 2 aliphatic heterocycles. The number of ether oxygens (including phenoxy) is 2. The normalized spacial score (nSPS) is 19.5. The van der Waals surface area contributed by atoms with Crippen molar-refractivity contribution < 1.29 is 32.2 Å². The highest BCUT2D eigenvalue weighted by Gasteiger charge is 2.44. The molecule has 0 radical (unpaired) electrons. The van der Waals surface area contributed by atoms with Gasteiger partial charge in [-0.15, -0.1) is 0 Å². The van der Waals surface area contributed by atoms with E-state index >= 15 is 0 Å². The Balaban J connectivity index is 1.47. The van der Waals surface area contributed by atoms with E-state index < -0.39 is 23.2 Å². The van der Waals surface area contributed by atoms with E-state index in [1.807, 2.05) is 0 Å². The molecule has 0 atom stereocenters. The highest BCUT2D eigenvalue weighted by Crippen LogP contribution is 2.50. The van der Waals surface area contributed by atoms with Crippen molar-refractivity contribution in [1.29, 1.82) is 0 Å². The SMILES string of the molecule is O=C(/C=C1\CC2(CCC2)Oc2cc(C(F)(F)F)ccc21)Nc1cc(Cl)cc2c1OCC(=O)N2. The highest BCUT2D eigenvalue weighted by atomic mass is 35.5. The smallest absolute Gasteiger partial charge is 0.416 e. The van der Waals surface area contributed by atoms with Gasteiger partial charge >= 0.3 is 6.18 Å². The van der Waals surface area contributed by atoms with Gasteiger partial charge < -0.3 is 20.1 Å². The predicted molar refractivity (Wildman–Crippen MR) is 115 cm³/mol. The minimum atomic E-state index is -4.50. The zero-order valence-corrected chi connectivity index (χ0v) is 17.9. The van der Waals surface area contributed by atoms with E-state index in [0.29, 0.717) is 36.1 Å². The van der Waals surface area contributed by atoms with Gasteiger partial charge in [0.2, 0.25) is 5.91 Å². The minimum Gasteiger partial charge on any atom is -0.486 e. The van der Waals surface area contributed by atoms with Crippen LogP contribution in [-0.2, 0) is 15.8 Å².